The predicted molar refractivity (Wildman–Crippen MR) is 87.2 cm³/mol. The van der Waals surface area contributed by atoms with E-state index in [1.807, 2.05) is 6.92 Å². The van der Waals surface area contributed by atoms with Crippen molar-refractivity contribution in [1.29, 1.82) is 0 Å². The third-order valence-electron chi connectivity index (χ3n) is 3.77. The lowest BCUT2D eigenvalue weighted by Crippen LogP contribution is -2.41. The average Bonchev–Trinajstić information content (AvgIpc) is 2.93. The Kier molecular flexibility index (Phi) is 5.83. The lowest BCUT2D eigenvalue weighted by molar-refractivity contribution is -0.120. The molecule has 0 unspecified atom stereocenters. The minimum Gasteiger partial charge on any atom is -0.352 e. The van der Waals surface area contributed by atoms with Gasteiger partial charge in [0.1, 0.15) is 0 Å². The van der Waals surface area contributed by atoms with Crippen molar-refractivity contribution < 1.29 is 13.2 Å². The van der Waals surface area contributed by atoms with Gasteiger partial charge in [-0.25, -0.2) is 13.1 Å². The van der Waals surface area contributed by atoms with Crippen LogP contribution in [0.2, 0.25) is 5.02 Å². The fourth-order valence-corrected chi connectivity index (χ4v) is 3.80. The van der Waals surface area contributed by atoms with Crippen LogP contribution in [-0.4, -0.2) is 26.9 Å². The molecular weight excluding hydrogens is 324 g/mol. The first kappa shape index (κ1) is 17.2. The Balaban J connectivity index is 1.84. The second-order valence-electron chi connectivity index (χ2n) is 5.71. The second-order valence-corrected chi connectivity index (χ2v) is 7.93. The molecule has 0 atom stereocenters. The minimum atomic E-state index is -3.56. The Morgan fingerprint density at radius 1 is 1.32 bits per heavy atom. The molecule has 122 valence electrons. The molecule has 0 aromatic heterocycles. The Morgan fingerprint density at radius 2 is 2.00 bits per heavy atom. The number of benzene rings is 1. The molecule has 1 fully saturated rings. The van der Waals surface area contributed by atoms with Crippen LogP contribution < -0.4 is 10.0 Å². The molecule has 7 heteroatoms. The van der Waals surface area contributed by atoms with Gasteiger partial charge in [0.05, 0.1) is 12.3 Å². The monoisotopic (exact) mass is 344 g/mol. The molecule has 1 saturated carbocycles. The first-order valence-corrected chi connectivity index (χ1v) is 9.40. The summed E-state index contributed by atoms with van der Waals surface area (Å²) in [5, 5.41) is 3.38. The molecule has 1 aliphatic rings. The summed E-state index contributed by atoms with van der Waals surface area (Å²) in [7, 11) is -3.56. The van der Waals surface area contributed by atoms with Crippen molar-refractivity contribution in [2.75, 3.05) is 6.54 Å². The molecule has 5 nitrogen and oxygen atoms in total. The first-order valence-electron chi connectivity index (χ1n) is 7.37. The molecule has 1 aromatic rings. The van der Waals surface area contributed by atoms with Crippen molar-refractivity contribution >= 4 is 27.5 Å². The van der Waals surface area contributed by atoms with Crippen LogP contribution in [-0.2, 0) is 20.6 Å². The topological polar surface area (TPSA) is 75.3 Å². The van der Waals surface area contributed by atoms with Gasteiger partial charge < -0.3 is 5.32 Å². The van der Waals surface area contributed by atoms with Crippen molar-refractivity contribution in [2.24, 2.45) is 0 Å². The summed E-state index contributed by atoms with van der Waals surface area (Å²) in [4.78, 5) is 11.7. The summed E-state index contributed by atoms with van der Waals surface area (Å²) in [5.74, 6) is -0.471. The van der Waals surface area contributed by atoms with Gasteiger partial charge in [-0.1, -0.05) is 36.6 Å². The zero-order valence-electron chi connectivity index (χ0n) is 12.6. The maximum atomic E-state index is 12.0. The van der Waals surface area contributed by atoms with Gasteiger partial charge >= 0.3 is 0 Å². The standard InChI is InChI=1S/C15H21ClN2O3S/c1-11-6-7-12(8-14(11)16)10-22(20,21)17-9-15(19)18-13-4-2-3-5-13/h6-8,13,17H,2-5,9-10H2,1H3,(H,18,19). The normalized spacial score (nSPS) is 15.9. The highest BCUT2D eigenvalue weighted by atomic mass is 35.5. The molecule has 0 heterocycles. The number of hydrogen-bond acceptors (Lipinski definition) is 3. The fraction of sp³-hybridized carbons (Fsp3) is 0.533. The van der Waals surface area contributed by atoms with E-state index < -0.39 is 10.0 Å². The number of carbonyl (C=O) groups is 1. The van der Waals surface area contributed by atoms with E-state index in [1.54, 1.807) is 18.2 Å². The first-order chi connectivity index (χ1) is 10.4. The highest BCUT2D eigenvalue weighted by Crippen LogP contribution is 2.18. The van der Waals surface area contributed by atoms with E-state index in [4.69, 9.17) is 11.6 Å². The number of hydrogen-bond donors (Lipinski definition) is 2. The van der Waals surface area contributed by atoms with Crippen molar-refractivity contribution in [3.8, 4) is 0 Å². The molecule has 1 aromatic carbocycles. The van der Waals surface area contributed by atoms with Crippen LogP contribution in [0.15, 0.2) is 18.2 Å². The van der Waals surface area contributed by atoms with Crippen LogP contribution in [0.25, 0.3) is 0 Å². The van der Waals surface area contributed by atoms with Gasteiger partial charge in [-0.3, -0.25) is 4.79 Å². The molecule has 0 bridgehead atoms. The SMILES string of the molecule is Cc1ccc(CS(=O)(=O)NCC(=O)NC2CCCC2)cc1Cl. The van der Waals surface area contributed by atoms with E-state index in [2.05, 4.69) is 10.0 Å². The number of halogens is 1. The van der Waals surface area contributed by atoms with Crippen LogP contribution in [0.1, 0.15) is 36.8 Å². The molecular formula is C15H21ClN2O3S. The van der Waals surface area contributed by atoms with Crippen LogP contribution in [0, 0.1) is 6.92 Å². The molecule has 1 aliphatic carbocycles. The van der Waals surface area contributed by atoms with Crippen LogP contribution >= 0.6 is 11.6 Å². The largest absolute Gasteiger partial charge is 0.352 e. The summed E-state index contributed by atoms with van der Waals surface area (Å²) < 4.78 is 26.3. The lowest BCUT2D eigenvalue weighted by atomic mass is 10.2. The maximum Gasteiger partial charge on any atom is 0.235 e. The van der Waals surface area contributed by atoms with Gasteiger partial charge in [-0.2, -0.15) is 0 Å². The molecule has 0 saturated heterocycles. The van der Waals surface area contributed by atoms with E-state index in [0.29, 0.717) is 10.6 Å². The Hall–Kier alpha value is -1.11. The third-order valence-corrected chi connectivity index (χ3v) is 5.47. The quantitative estimate of drug-likeness (QED) is 0.830. The maximum absolute atomic E-state index is 12.0. The summed E-state index contributed by atoms with van der Waals surface area (Å²) in [6, 6.07) is 5.32. The van der Waals surface area contributed by atoms with Gasteiger partial charge in [-0.05, 0) is 37.0 Å². The fourth-order valence-electron chi connectivity index (χ4n) is 2.52. The minimum absolute atomic E-state index is 0.188. The molecule has 22 heavy (non-hydrogen) atoms. The third kappa shape index (κ3) is 5.26. The Labute approximate surface area is 136 Å². The van der Waals surface area contributed by atoms with Crippen molar-refractivity contribution in [3.05, 3.63) is 34.3 Å². The van der Waals surface area contributed by atoms with Gasteiger partial charge in [0.2, 0.25) is 15.9 Å². The van der Waals surface area contributed by atoms with Crippen LogP contribution in [0.5, 0.6) is 0 Å². The highest BCUT2D eigenvalue weighted by Gasteiger charge is 2.19. The Morgan fingerprint density at radius 3 is 2.64 bits per heavy atom. The zero-order valence-corrected chi connectivity index (χ0v) is 14.1. The summed E-state index contributed by atoms with van der Waals surface area (Å²) >= 11 is 5.99. The Bertz CT molecular complexity index is 640. The summed E-state index contributed by atoms with van der Waals surface area (Å²) in [6.45, 7) is 1.63. The summed E-state index contributed by atoms with van der Waals surface area (Å²) in [6.07, 6.45) is 4.18. The lowest BCUT2D eigenvalue weighted by Gasteiger charge is -2.12. The number of amides is 1. The van der Waals surface area contributed by atoms with E-state index in [-0.39, 0.29) is 24.2 Å². The highest BCUT2D eigenvalue weighted by molar-refractivity contribution is 7.88. The molecule has 0 aliphatic heterocycles. The molecule has 2 N–H and O–H groups in total. The second kappa shape index (κ2) is 7.44. The van der Waals surface area contributed by atoms with Crippen molar-refractivity contribution in [1.82, 2.24) is 10.0 Å². The molecule has 2 rings (SSSR count). The number of carbonyl (C=O) groups excluding carboxylic acids is 1. The van der Waals surface area contributed by atoms with E-state index in [9.17, 15) is 13.2 Å². The van der Waals surface area contributed by atoms with Crippen molar-refractivity contribution in [2.45, 2.75) is 44.4 Å². The summed E-state index contributed by atoms with van der Waals surface area (Å²) in [5.41, 5.74) is 1.49. The average molecular weight is 345 g/mol. The number of nitrogens with one attached hydrogen (secondary N) is 2. The van der Waals surface area contributed by atoms with Gasteiger partial charge in [0.25, 0.3) is 0 Å². The molecule has 0 radical (unpaired) electrons. The van der Waals surface area contributed by atoms with Crippen LogP contribution in [0.3, 0.4) is 0 Å². The number of aryl methyl sites for hydroxylation is 1. The smallest absolute Gasteiger partial charge is 0.235 e. The molecule has 1 amide bonds. The predicted octanol–water partition coefficient (Wildman–Crippen LogP) is 2.13. The van der Waals surface area contributed by atoms with Crippen LogP contribution in [0.4, 0.5) is 0 Å². The number of rotatable bonds is 6. The van der Waals surface area contributed by atoms with Crippen molar-refractivity contribution in [3.63, 3.8) is 0 Å². The number of sulfonamides is 1. The van der Waals surface area contributed by atoms with E-state index >= 15 is 0 Å². The zero-order chi connectivity index (χ0) is 16.2. The van der Waals surface area contributed by atoms with E-state index in [1.165, 1.54) is 0 Å². The molecule has 0 spiro atoms. The van der Waals surface area contributed by atoms with E-state index in [0.717, 1.165) is 31.2 Å². The van der Waals surface area contributed by atoms with Gasteiger partial charge in [0.15, 0.2) is 0 Å². The van der Waals surface area contributed by atoms with Gasteiger partial charge in [-0.15, -0.1) is 0 Å². The van der Waals surface area contributed by atoms with Gasteiger partial charge in [0, 0.05) is 11.1 Å².